The van der Waals surface area contributed by atoms with Crippen LogP contribution in [0.15, 0.2) is 97.2 Å². The van der Waals surface area contributed by atoms with Crippen LogP contribution in [0.25, 0.3) is 0 Å². The highest BCUT2D eigenvalue weighted by atomic mass is 31.2. The Morgan fingerprint density at radius 1 is 0.589 bits per heavy atom. The maximum atomic E-state index is 12.7. The summed E-state index contributed by atoms with van der Waals surface area (Å²) < 4.78 is 34.2. The molecule has 0 aromatic rings. The number of rotatable bonds is 36. The van der Waals surface area contributed by atoms with Crippen molar-refractivity contribution < 1.29 is 42.1 Å². The number of phosphoric acid groups is 1. The zero-order chi connectivity index (χ0) is 41.4. The molecule has 0 saturated carbocycles. The van der Waals surface area contributed by atoms with Gasteiger partial charge in [0.2, 0.25) is 0 Å². The maximum Gasteiger partial charge on any atom is 0.472 e. The Bertz CT molecular complexity index is 1270. The third-order valence-electron chi connectivity index (χ3n) is 8.19. The van der Waals surface area contributed by atoms with Crippen LogP contribution in [0.1, 0.15) is 129 Å². The van der Waals surface area contributed by atoms with E-state index in [-0.39, 0.29) is 26.1 Å². The summed E-state index contributed by atoms with van der Waals surface area (Å²) in [6.07, 6.45) is 48.9. The first kappa shape index (κ1) is 52.9. The number of nitrogens with zero attached hydrogens (tertiary/aromatic N) is 1. The summed E-state index contributed by atoms with van der Waals surface area (Å²) >= 11 is 0. The van der Waals surface area contributed by atoms with Gasteiger partial charge in [-0.05, 0) is 70.6 Å². The smallest absolute Gasteiger partial charge is 0.462 e. The lowest BCUT2D eigenvalue weighted by Gasteiger charge is -2.24. The molecule has 0 saturated heterocycles. The van der Waals surface area contributed by atoms with Crippen molar-refractivity contribution in [3.05, 3.63) is 97.2 Å². The molecule has 0 bridgehead atoms. The number of hydrogen-bond donors (Lipinski definition) is 1. The highest BCUT2D eigenvalue weighted by Gasteiger charge is 2.27. The van der Waals surface area contributed by atoms with Crippen LogP contribution in [0.3, 0.4) is 0 Å². The van der Waals surface area contributed by atoms with Crippen LogP contribution >= 0.6 is 7.82 Å². The molecule has 318 valence electrons. The van der Waals surface area contributed by atoms with Gasteiger partial charge in [0.1, 0.15) is 19.8 Å². The average molecular weight is 803 g/mol. The van der Waals surface area contributed by atoms with Crippen LogP contribution in [0.5, 0.6) is 0 Å². The van der Waals surface area contributed by atoms with Crippen LogP contribution in [-0.2, 0) is 32.7 Å². The van der Waals surface area contributed by atoms with Gasteiger partial charge in [-0.1, -0.05) is 143 Å². The van der Waals surface area contributed by atoms with Gasteiger partial charge in [0.05, 0.1) is 27.7 Å². The first-order chi connectivity index (χ1) is 27.0. The summed E-state index contributed by atoms with van der Waals surface area (Å²) in [7, 11) is 1.41. The van der Waals surface area contributed by atoms with Crippen molar-refractivity contribution in [3.63, 3.8) is 0 Å². The zero-order valence-electron chi connectivity index (χ0n) is 35.6. The van der Waals surface area contributed by atoms with Gasteiger partial charge in [0.15, 0.2) is 6.10 Å². The molecule has 0 fully saturated rings. The van der Waals surface area contributed by atoms with Gasteiger partial charge >= 0.3 is 19.8 Å². The van der Waals surface area contributed by atoms with Crippen molar-refractivity contribution in [1.29, 1.82) is 0 Å². The highest BCUT2D eigenvalue weighted by molar-refractivity contribution is 7.47. The van der Waals surface area contributed by atoms with Gasteiger partial charge in [0.25, 0.3) is 0 Å². The molecule has 0 aliphatic heterocycles. The fraction of sp³-hybridized carbons (Fsp3) is 0.609. The molecule has 9 nitrogen and oxygen atoms in total. The zero-order valence-corrected chi connectivity index (χ0v) is 36.5. The van der Waals surface area contributed by atoms with Gasteiger partial charge in [-0.2, -0.15) is 0 Å². The average Bonchev–Trinajstić information content (AvgIpc) is 3.15. The van der Waals surface area contributed by atoms with Crippen molar-refractivity contribution in [2.24, 2.45) is 0 Å². The SMILES string of the molecule is CC/C=C/C=C/C=C/C=C/CCCCCCCC(=O)O[C@H](COC(=O)CCC/C=C/C/C=C/C/C=C/C/C=C/CCCCC)COP(=O)(O)OCC[N+](C)(C)C. The van der Waals surface area contributed by atoms with E-state index in [9.17, 15) is 19.0 Å². The third kappa shape index (κ3) is 40.6. The predicted octanol–water partition coefficient (Wildman–Crippen LogP) is 11.8. The Kier molecular flexibility index (Phi) is 35.4. The number of esters is 2. The molecular formula is C46H77NO8P+. The van der Waals surface area contributed by atoms with Gasteiger partial charge in [-0.25, -0.2) is 4.57 Å². The molecule has 0 aromatic heterocycles. The largest absolute Gasteiger partial charge is 0.472 e. The second-order valence-electron chi connectivity index (χ2n) is 14.7. The molecular weight excluding hydrogens is 725 g/mol. The van der Waals surface area contributed by atoms with E-state index in [1.807, 2.05) is 51.5 Å². The van der Waals surface area contributed by atoms with Gasteiger partial charge in [-0.15, -0.1) is 0 Å². The van der Waals surface area contributed by atoms with Crippen LogP contribution in [0, 0.1) is 0 Å². The minimum absolute atomic E-state index is 0.0122. The van der Waals surface area contributed by atoms with Crippen LogP contribution < -0.4 is 0 Å². The standard InChI is InChI=1S/C46H76NO8P/c1-6-8-10-12-14-16-18-20-22-23-25-26-28-30-32-34-36-38-45(48)52-42-44(43-54-56(50,51)53-41-40-47(3,4)5)55-46(49)39-37-35-33-31-29-27-24-21-19-17-15-13-11-9-7-2/h9,11,13-17,19-22,24-26,30,32,44H,6-8,10,12,18,23,27-29,31,33-43H2,1-5H3/p+1/b11-9+,15-13+,16-14+,19-17+,22-20+,24-21+,26-25+,32-30+/t44-/m1/s1. The minimum Gasteiger partial charge on any atom is -0.462 e. The number of allylic oxidation sites excluding steroid dienone is 16. The molecule has 0 heterocycles. The van der Waals surface area contributed by atoms with Crippen molar-refractivity contribution in [1.82, 2.24) is 0 Å². The van der Waals surface area contributed by atoms with Gasteiger partial charge in [-0.3, -0.25) is 18.6 Å². The van der Waals surface area contributed by atoms with Crippen molar-refractivity contribution in [2.75, 3.05) is 47.5 Å². The van der Waals surface area contributed by atoms with Gasteiger partial charge in [0, 0.05) is 12.8 Å². The lowest BCUT2D eigenvalue weighted by atomic mass is 10.1. The number of phosphoric ester groups is 1. The van der Waals surface area contributed by atoms with Gasteiger partial charge < -0.3 is 18.9 Å². The lowest BCUT2D eigenvalue weighted by Crippen LogP contribution is -2.37. The molecule has 0 radical (unpaired) electrons. The fourth-order valence-corrected chi connectivity index (χ4v) is 5.64. The molecule has 0 rings (SSSR count). The lowest BCUT2D eigenvalue weighted by molar-refractivity contribution is -0.870. The van der Waals surface area contributed by atoms with Crippen LogP contribution in [-0.4, -0.2) is 74.9 Å². The first-order valence-electron chi connectivity index (χ1n) is 21.0. The van der Waals surface area contributed by atoms with E-state index in [2.05, 4.69) is 80.7 Å². The van der Waals surface area contributed by atoms with Crippen molar-refractivity contribution in [3.8, 4) is 0 Å². The van der Waals surface area contributed by atoms with Crippen LogP contribution in [0.2, 0.25) is 0 Å². The number of quaternary nitrogens is 1. The fourth-order valence-electron chi connectivity index (χ4n) is 4.90. The summed E-state index contributed by atoms with van der Waals surface area (Å²) in [6.45, 7) is 4.13. The van der Waals surface area contributed by atoms with E-state index in [0.717, 1.165) is 64.2 Å². The molecule has 0 aromatic carbocycles. The molecule has 1 unspecified atom stereocenters. The van der Waals surface area contributed by atoms with E-state index in [1.165, 1.54) is 25.7 Å². The van der Waals surface area contributed by atoms with Crippen molar-refractivity contribution in [2.45, 2.75) is 136 Å². The second kappa shape index (κ2) is 37.5. The van der Waals surface area contributed by atoms with Crippen LogP contribution in [0.4, 0.5) is 0 Å². The van der Waals surface area contributed by atoms with E-state index < -0.39 is 32.5 Å². The third-order valence-corrected chi connectivity index (χ3v) is 9.18. The summed E-state index contributed by atoms with van der Waals surface area (Å²) in [4.78, 5) is 35.3. The Hall–Kier alpha value is -3.07. The Labute approximate surface area is 341 Å². The molecule has 0 spiro atoms. The summed E-state index contributed by atoms with van der Waals surface area (Å²) in [5.41, 5.74) is 0. The topological polar surface area (TPSA) is 108 Å². The van der Waals surface area contributed by atoms with E-state index >= 15 is 0 Å². The summed E-state index contributed by atoms with van der Waals surface area (Å²) in [5.74, 6) is -0.904. The van der Waals surface area contributed by atoms with Crippen molar-refractivity contribution >= 4 is 19.8 Å². The van der Waals surface area contributed by atoms with E-state index in [1.54, 1.807) is 0 Å². The number of likely N-dealkylation sites (N-methyl/N-ethyl adjacent to an activating group) is 1. The van der Waals surface area contributed by atoms with E-state index in [4.69, 9.17) is 18.5 Å². The monoisotopic (exact) mass is 803 g/mol. The Morgan fingerprint density at radius 3 is 1.73 bits per heavy atom. The number of carbonyl (C=O) groups is 2. The Balaban J connectivity index is 4.55. The quantitative estimate of drug-likeness (QED) is 0.0167. The number of unbranched alkanes of at least 4 members (excludes halogenated alkanes) is 9. The molecule has 2 atom stereocenters. The predicted molar refractivity (Wildman–Crippen MR) is 233 cm³/mol. The summed E-state index contributed by atoms with van der Waals surface area (Å²) in [5, 5.41) is 0. The summed E-state index contributed by atoms with van der Waals surface area (Å²) in [6, 6.07) is 0. The van der Waals surface area contributed by atoms with E-state index in [0.29, 0.717) is 23.9 Å². The Morgan fingerprint density at radius 2 is 1.11 bits per heavy atom. The second-order valence-corrected chi connectivity index (χ2v) is 16.2. The molecule has 0 amide bonds. The minimum atomic E-state index is -4.40. The molecule has 0 aliphatic carbocycles. The first-order valence-corrected chi connectivity index (χ1v) is 22.5. The number of hydrogen-bond acceptors (Lipinski definition) is 7. The highest BCUT2D eigenvalue weighted by Crippen LogP contribution is 2.43. The number of ether oxygens (including phenoxy) is 2. The molecule has 10 heteroatoms. The maximum absolute atomic E-state index is 12.7. The molecule has 56 heavy (non-hydrogen) atoms. The molecule has 0 aliphatic rings. The number of carbonyl (C=O) groups excluding carboxylic acids is 2. The molecule has 1 N–H and O–H groups in total. The normalized spacial score (nSPS) is 14.6.